The number of hydrogen-bond acceptors (Lipinski definition) is 4. The Labute approximate surface area is 94.7 Å². The highest BCUT2D eigenvalue weighted by Crippen LogP contribution is 2.21. The molecule has 0 radical (unpaired) electrons. The Kier molecular flexibility index (Phi) is 3.66. The van der Waals surface area contributed by atoms with E-state index >= 15 is 0 Å². The molecule has 0 bridgehead atoms. The van der Waals surface area contributed by atoms with Crippen LogP contribution in [0.5, 0.6) is 0 Å². The van der Waals surface area contributed by atoms with Crippen molar-refractivity contribution in [3.05, 3.63) is 48.2 Å². The maximum atomic E-state index is 5.12. The Balaban J connectivity index is 2.21. The first kappa shape index (κ1) is 10.8. The van der Waals surface area contributed by atoms with Gasteiger partial charge in [0.2, 0.25) is 0 Å². The highest BCUT2D eigenvalue weighted by Gasteiger charge is 2.14. The molecule has 0 saturated carbocycles. The molecule has 0 spiro atoms. The second kappa shape index (κ2) is 5.42. The Bertz CT molecular complexity index is 399. The molecule has 4 heteroatoms. The van der Waals surface area contributed by atoms with Crippen LogP contribution in [-0.4, -0.2) is 16.7 Å². The Morgan fingerprint density at radius 1 is 1.31 bits per heavy atom. The summed E-state index contributed by atoms with van der Waals surface area (Å²) in [6.07, 6.45) is 8.02. The fourth-order valence-electron chi connectivity index (χ4n) is 1.63. The molecule has 0 fully saturated rings. The van der Waals surface area contributed by atoms with Crippen LogP contribution in [0.2, 0.25) is 0 Å². The molecule has 1 unspecified atom stereocenters. The zero-order valence-electron chi connectivity index (χ0n) is 9.26. The highest BCUT2D eigenvalue weighted by atomic mass is 16.3. The van der Waals surface area contributed by atoms with E-state index < -0.39 is 0 Å². The minimum Gasteiger partial charge on any atom is -0.472 e. The Morgan fingerprint density at radius 3 is 2.88 bits per heavy atom. The van der Waals surface area contributed by atoms with Gasteiger partial charge in [-0.3, -0.25) is 0 Å². The molecule has 0 saturated heterocycles. The molecular weight excluding hydrogens is 202 g/mol. The highest BCUT2D eigenvalue weighted by molar-refractivity contribution is 5.26. The van der Waals surface area contributed by atoms with Crippen LogP contribution >= 0.6 is 0 Å². The lowest BCUT2D eigenvalue weighted by molar-refractivity contribution is 0.547. The van der Waals surface area contributed by atoms with Gasteiger partial charge in [-0.2, -0.15) is 10.2 Å². The van der Waals surface area contributed by atoms with E-state index in [4.69, 9.17) is 4.42 Å². The van der Waals surface area contributed by atoms with Crippen molar-refractivity contribution < 1.29 is 4.42 Å². The van der Waals surface area contributed by atoms with Crippen molar-refractivity contribution in [3.63, 3.8) is 0 Å². The normalized spacial score (nSPS) is 12.6. The minimum absolute atomic E-state index is 0.134. The zero-order chi connectivity index (χ0) is 11.2. The van der Waals surface area contributed by atoms with Crippen molar-refractivity contribution in [1.82, 2.24) is 15.5 Å². The van der Waals surface area contributed by atoms with Gasteiger partial charge in [0.15, 0.2) is 0 Å². The number of nitrogens with zero attached hydrogens (tertiary/aromatic N) is 2. The average molecular weight is 217 g/mol. The van der Waals surface area contributed by atoms with Crippen LogP contribution in [0, 0.1) is 0 Å². The Morgan fingerprint density at radius 2 is 2.25 bits per heavy atom. The van der Waals surface area contributed by atoms with Gasteiger partial charge < -0.3 is 9.73 Å². The molecule has 16 heavy (non-hydrogen) atoms. The molecule has 2 rings (SSSR count). The summed E-state index contributed by atoms with van der Waals surface area (Å²) in [5.74, 6) is 0. The number of rotatable bonds is 5. The van der Waals surface area contributed by atoms with Crippen molar-refractivity contribution in [2.75, 3.05) is 6.54 Å². The number of nitrogens with one attached hydrogen (secondary N) is 1. The van der Waals surface area contributed by atoms with Crippen LogP contribution in [0.4, 0.5) is 0 Å². The molecule has 0 aliphatic heterocycles. The monoisotopic (exact) mass is 217 g/mol. The third kappa shape index (κ3) is 2.46. The predicted molar refractivity (Wildman–Crippen MR) is 60.9 cm³/mol. The first-order chi connectivity index (χ1) is 7.92. The third-order valence-corrected chi connectivity index (χ3v) is 2.42. The average Bonchev–Trinajstić information content (AvgIpc) is 2.85. The molecule has 2 heterocycles. The second-order valence-electron chi connectivity index (χ2n) is 3.62. The fourth-order valence-corrected chi connectivity index (χ4v) is 1.63. The summed E-state index contributed by atoms with van der Waals surface area (Å²) >= 11 is 0. The summed E-state index contributed by atoms with van der Waals surface area (Å²) in [6, 6.07) is 4.07. The zero-order valence-corrected chi connectivity index (χ0v) is 9.26. The van der Waals surface area contributed by atoms with Crippen LogP contribution < -0.4 is 5.32 Å². The first-order valence-electron chi connectivity index (χ1n) is 5.44. The van der Waals surface area contributed by atoms with Crippen molar-refractivity contribution in [1.29, 1.82) is 0 Å². The fraction of sp³-hybridized carbons (Fsp3) is 0.333. The summed E-state index contributed by atoms with van der Waals surface area (Å²) in [6.45, 7) is 3.10. The minimum atomic E-state index is 0.134. The molecule has 1 N–H and O–H groups in total. The SMILES string of the molecule is CCCNC(c1ccnnc1)c1ccoc1. The van der Waals surface area contributed by atoms with Gasteiger partial charge in [0.05, 0.1) is 24.8 Å². The molecule has 0 aliphatic carbocycles. The van der Waals surface area contributed by atoms with Crippen LogP contribution in [-0.2, 0) is 0 Å². The summed E-state index contributed by atoms with van der Waals surface area (Å²) in [7, 11) is 0. The summed E-state index contributed by atoms with van der Waals surface area (Å²) in [4.78, 5) is 0. The lowest BCUT2D eigenvalue weighted by Crippen LogP contribution is -2.22. The number of aromatic nitrogens is 2. The van der Waals surface area contributed by atoms with E-state index in [-0.39, 0.29) is 6.04 Å². The van der Waals surface area contributed by atoms with Crippen molar-refractivity contribution in [3.8, 4) is 0 Å². The smallest absolute Gasteiger partial charge is 0.0953 e. The van der Waals surface area contributed by atoms with Crippen LogP contribution in [0.3, 0.4) is 0 Å². The summed E-state index contributed by atoms with van der Waals surface area (Å²) < 4.78 is 5.12. The lowest BCUT2D eigenvalue weighted by Gasteiger charge is -2.16. The lowest BCUT2D eigenvalue weighted by atomic mass is 10.0. The van der Waals surface area contributed by atoms with Crippen LogP contribution in [0.25, 0.3) is 0 Å². The van der Waals surface area contributed by atoms with E-state index in [0.29, 0.717) is 0 Å². The first-order valence-corrected chi connectivity index (χ1v) is 5.44. The van der Waals surface area contributed by atoms with E-state index in [0.717, 1.165) is 24.1 Å². The largest absolute Gasteiger partial charge is 0.472 e. The van der Waals surface area contributed by atoms with Gasteiger partial charge in [-0.05, 0) is 30.7 Å². The molecule has 2 aromatic rings. The van der Waals surface area contributed by atoms with Gasteiger partial charge >= 0.3 is 0 Å². The molecule has 84 valence electrons. The van der Waals surface area contributed by atoms with Gasteiger partial charge in [-0.15, -0.1) is 0 Å². The van der Waals surface area contributed by atoms with Gasteiger partial charge in [-0.25, -0.2) is 0 Å². The second-order valence-corrected chi connectivity index (χ2v) is 3.62. The third-order valence-electron chi connectivity index (χ3n) is 2.42. The van der Waals surface area contributed by atoms with E-state index in [9.17, 15) is 0 Å². The van der Waals surface area contributed by atoms with Crippen molar-refractivity contribution >= 4 is 0 Å². The van der Waals surface area contributed by atoms with Crippen molar-refractivity contribution in [2.24, 2.45) is 0 Å². The summed E-state index contributed by atoms with van der Waals surface area (Å²) in [5, 5.41) is 11.2. The maximum absolute atomic E-state index is 5.12. The van der Waals surface area contributed by atoms with Gasteiger partial charge in [-0.1, -0.05) is 6.92 Å². The van der Waals surface area contributed by atoms with Gasteiger partial charge in [0.1, 0.15) is 0 Å². The van der Waals surface area contributed by atoms with Gasteiger partial charge in [0.25, 0.3) is 0 Å². The molecular formula is C12H15N3O. The van der Waals surface area contributed by atoms with E-state index in [1.807, 2.05) is 12.1 Å². The summed E-state index contributed by atoms with van der Waals surface area (Å²) in [5.41, 5.74) is 2.21. The van der Waals surface area contributed by atoms with E-state index in [1.54, 1.807) is 24.9 Å². The molecule has 0 amide bonds. The van der Waals surface area contributed by atoms with E-state index in [1.165, 1.54) is 0 Å². The number of hydrogen-bond donors (Lipinski definition) is 1. The predicted octanol–water partition coefficient (Wildman–Crippen LogP) is 2.16. The molecule has 0 aromatic carbocycles. The standard InChI is InChI=1S/C12H15N3O/c1-2-5-13-12(11-4-7-16-9-11)10-3-6-14-15-8-10/h3-4,6-9,12-13H,2,5H2,1H3. The van der Waals surface area contributed by atoms with E-state index in [2.05, 4.69) is 22.4 Å². The molecule has 2 aromatic heterocycles. The quantitative estimate of drug-likeness (QED) is 0.833. The topological polar surface area (TPSA) is 51.0 Å². The Hall–Kier alpha value is -1.68. The van der Waals surface area contributed by atoms with Crippen LogP contribution in [0.15, 0.2) is 41.5 Å². The van der Waals surface area contributed by atoms with Crippen molar-refractivity contribution in [2.45, 2.75) is 19.4 Å². The number of furan rings is 1. The maximum Gasteiger partial charge on any atom is 0.0953 e. The molecule has 4 nitrogen and oxygen atoms in total. The van der Waals surface area contributed by atoms with Gasteiger partial charge in [0, 0.05) is 11.8 Å². The van der Waals surface area contributed by atoms with Crippen LogP contribution in [0.1, 0.15) is 30.5 Å². The molecule has 0 aliphatic rings. The molecule has 1 atom stereocenters.